The van der Waals surface area contributed by atoms with Gasteiger partial charge in [0.15, 0.2) is 5.69 Å². The number of anilines is 1. The van der Waals surface area contributed by atoms with Crippen LogP contribution in [0.15, 0.2) is 18.5 Å². The third-order valence-corrected chi connectivity index (χ3v) is 2.03. The quantitative estimate of drug-likeness (QED) is 0.632. The second-order valence-electron chi connectivity index (χ2n) is 3.28. The highest BCUT2D eigenvalue weighted by Gasteiger charge is 2.07. The number of H-pyrrole nitrogens is 1. The first-order valence-corrected chi connectivity index (χ1v) is 4.97. The topological polar surface area (TPSA) is 122 Å². The molecule has 0 spiro atoms. The SMILES string of the molecule is Nc1ccc(C(=O)NCCc2ncn[nH]2)nn1. The molecule has 0 aromatic carbocycles. The highest BCUT2D eigenvalue weighted by atomic mass is 16.1. The molecule has 2 aromatic heterocycles. The number of nitrogens with two attached hydrogens (primary N) is 1. The Morgan fingerprint density at radius 1 is 1.41 bits per heavy atom. The molecular formula is C9H11N7O. The number of nitrogen functional groups attached to an aromatic ring is 1. The molecule has 0 saturated carbocycles. The number of hydrogen-bond acceptors (Lipinski definition) is 6. The summed E-state index contributed by atoms with van der Waals surface area (Å²) < 4.78 is 0. The van der Waals surface area contributed by atoms with Gasteiger partial charge < -0.3 is 11.1 Å². The number of hydrogen-bond donors (Lipinski definition) is 3. The summed E-state index contributed by atoms with van der Waals surface area (Å²) >= 11 is 0. The first-order valence-electron chi connectivity index (χ1n) is 4.97. The summed E-state index contributed by atoms with van der Waals surface area (Å²) in [5.41, 5.74) is 5.60. The fourth-order valence-electron chi connectivity index (χ4n) is 1.20. The van der Waals surface area contributed by atoms with Crippen LogP contribution < -0.4 is 11.1 Å². The average Bonchev–Trinajstić information content (AvgIpc) is 2.83. The van der Waals surface area contributed by atoms with Gasteiger partial charge in [-0.3, -0.25) is 9.89 Å². The largest absolute Gasteiger partial charge is 0.382 e. The molecule has 1 amide bonds. The van der Waals surface area contributed by atoms with Crippen LogP contribution in [0.2, 0.25) is 0 Å². The Kier molecular flexibility index (Phi) is 3.24. The summed E-state index contributed by atoms with van der Waals surface area (Å²) in [5.74, 6) is 0.703. The van der Waals surface area contributed by atoms with Gasteiger partial charge in [0.25, 0.3) is 5.91 Å². The van der Waals surface area contributed by atoms with Crippen LogP contribution in [0.25, 0.3) is 0 Å². The highest BCUT2D eigenvalue weighted by molar-refractivity contribution is 5.92. The van der Waals surface area contributed by atoms with Gasteiger partial charge in [-0.2, -0.15) is 5.10 Å². The molecule has 0 fully saturated rings. The maximum Gasteiger partial charge on any atom is 0.271 e. The zero-order valence-corrected chi connectivity index (χ0v) is 8.92. The van der Waals surface area contributed by atoms with Gasteiger partial charge in [0, 0.05) is 13.0 Å². The van der Waals surface area contributed by atoms with E-state index in [4.69, 9.17) is 5.73 Å². The predicted octanol–water partition coefficient (Wildman–Crippen LogP) is -0.851. The fourth-order valence-corrected chi connectivity index (χ4v) is 1.20. The Hall–Kier alpha value is -2.51. The molecule has 4 N–H and O–H groups in total. The second-order valence-corrected chi connectivity index (χ2v) is 3.28. The van der Waals surface area contributed by atoms with Crippen molar-refractivity contribution in [3.8, 4) is 0 Å². The van der Waals surface area contributed by atoms with Gasteiger partial charge in [0.1, 0.15) is 18.0 Å². The Bertz CT molecular complexity index is 479. The minimum atomic E-state index is -0.294. The van der Waals surface area contributed by atoms with Crippen molar-refractivity contribution < 1.29 is 4.79 Å². The third kappa shape index (κ3) is 2.97. The zero-order valence-electron chi connectivity index (χ0n) is 8.92. The number of aromatic amines is 1. The van der Waals surface area contributed by atoms with Gasteiger partial charge in [-0.15, -0.1) is 10.2 Å². The molecule has 0 aliphatic heterocycles. The van der Waals surface area contributed by atoms with E-state index in [1.807, 2.05) is 0 Å². The zero-order chi connectivity index (χ0) is 12.1. The van der Waals surface area contributed by atoms with E-state index in [1.165, 1.54) is 18.5 Å². The Morgan fingerprint density at radius 3 is 2.94 bits per heavy atom. The van der Waals surface area contributed by atoms with Crippen LogP contribution >= 0.6 is 0 Å². The lowest BCUT2D eigenvalue weighted by Crippen LogP contribution is -2.27. The van der Waals surface area contributed by atoms with Crippen molar-refractivity contribution in [2.75, 3.05) is 12.3 Å². The number of nitrogens with zero attached hydrogens (tertiary/aromatic N) is 4. The summed E-state index contributed by atoms with van der Waals surface area (Å²) in [5, 5.41) is 16.4. The molecule has 17 heavy (non-hydrogen) atoms. The molecule has 2 heterocycles. The number of rotatable bonds is 4. The molecule has 2 aromatic rings. The molecule has 0 saturated heterocycles. The van der Waals surface area contributed by atoms with E-state index in [-0.39, 0.29) is 17.4 Å². The first-order chi connectivity index (χ1) is 8.25. The molecule has 0 atom stereocenters. The van der Waals surface area contributed by atoms with E-state index >= 15 is 0 Å². The molecular weight excluding hydrogens is 222 g/mol. The van der Waals surface area contributed by atoms with Crippen LogP contribution in [0.3, 0.4) is 0 Å². The Balaban J connectivity index is 1.83. The smallest absolute Gasteiger partial charge is 0.271 e. The van der Waals surface area contributed by atoms with E-state index in [2.05, 4.69) is 30.7 Å². The van der Waals surface area contributed by atoms with Gasteiger partial charge in [-0.25, -0.2) is 4.98 Å². The molecule has 0 aliphatic rings. The summed E-state index contributed by atoms with van der Waals surface area (Å²) in [6.45, 7) is 0.445. The molecule has 8 nitrogen and oxygen atoms in total. The molecule has 0 unspecified atom stereocenters. The molecule has 88 valence electrons. The van der Waals surface area contributed by atoms with Crippen LogP contribution in [0.5, 0.6) is 0 Å². The number of nitrogens with one attached hydrogen (secondary N) is 2. The van der Waals surface area contributed by atoms with Crippen molar-refractivity contribution in [2.24, 2.45) is 0 Å². The summed E-state index contributed by atoms with van der Waals surface area (Å²) in [4.78, 5) is 15.5. The van der Waals surface area contributed by atoms with Crippen molar-refractivity contribution in [2.45, 2.75) is 6.42 Å². The molecule has 2 rings (SSSR count). The lowest BCUT2D eigenvalue weighted by Gasteiger charge is -2.02. The predicted molar refractivity (Wildman–Crippen MR) is 58.9 cm³/mol. The van der Waals surface area contributed by atoms with Crippen LogP contribution in [0.1, 0.15) is 16.3 Å². The minimum Gasteiger partial charge on any atom is -0.382 e. The van der Waals surface area contributed by atoms with E-state index in [0.717, 1.165) is 0 Å². The van der Waals surface area contributed by atoms with Gasteiger partial charge >= 0.3 is 0 Å². The first kappa shape index (κ1) is 11.0. The van der Waals surface area contributed by atoms with Gasteiger partial charge in [-0.05, 0) is 12.1 Å². The second kappa shape index (κ2) is 5.01. The lowest BCUT2D eigenvalue weighted by molar-refractivity contribution is 0.0948. The number of aromatic nitrogens is 5. The van der Waals surface area contributed by atoms with Crippen molar-refractivity contribution in [1.82, 2.24) is 30.7 Å². The summed E-state index contributed by atoms with van der Waals surface area (Å²) in [6, 6.07) is 3.05. The monoisotopic (exact) mass is 233 g/mol. The van der Waals surface area contributed by atoms with Crippen molar-refractivity contribution >= 4 is 11.7 Å². The minimum absolute atomic E-state index is 0.233. The van der Waals surface area contributed by atoms with Gasteiger partial charge in [-0.1, -0.05) is 0 Å². The van der Waals surface area contributed by atoms with E-state index in [0.29, 0.717) is 18.8 Å². The van der Waals surface area contributed by atoms with Gasteiger partial charge in [0.05, 0.1) is 0 Å². The molecule has 0 aliphatic carbocycles. The van der Waals surface area contributed by atoms with Crippen LogP contribution in [0, 0.1) is 0 Å². The van der Waals surface area contributed by atoms with Crippen molar-refractivity contribution in [3.63, 3.8) is 0 Å². The van der Waals surface area contributed by atoms with E-state index in [1.54, 1.807) is 0 Å². The third-order valence-electron chi connectivity index (χ3n) is 2.03. The van der Waals surface area contributed by atoms with E-state index < -0.39 is 0 Å². The maximum absolute atomic E-state index is 11.6. The van der Waals surface area contributed by atoms with E-state index in [9.17, 15) is 4.79 Å². The van der Waals surface area contributed by atoms with Crippen molar-refractivity contribution in [1.29, 1.82) is 0 Å². The fraction of sp³-hybridized carbons (Fsp3) is 0.222. The highest BCUT2D eigenvalue weighted by Crippen LogP contribution is 1.96. The lowest BCUT2D eigenvalue weighted by atomic mass is 10.3. The van der Waals surface area contributed by atoms with Crippen LogP contribution in [-0.2, 0) is 6.42 Å². The molecule has 0 bridgehead atoms. The Morgan fingerprint density at radius 2 is 2.29 bits per heavy atom. The standard InChI is InChI=1S/C9H11N7O/c10-7-2-1-6(14-15-7)9(17)11-4-3-8-12-5-13-16-8/h1-2,5H,3-4H2,(H2,10,15)(H,11,17)(H,12,13,16). The maximum atomic E-state index is 11.6. The van der Waals surface area contributed by atoms with Gasteiger partial charge in [0.2, 0.25) is 0 Å². The summed E-state index contributed by atoms with van der Waals surface area (Å²) in [6.07, 6.45) is 2.00. The van der Waals surface area contributed by atoms with Crippen LogP contribution in [-0.4, -0.2) is 37.8 Å². The molecule has 8 heteroatoms. The van der Waals surface area contributed by atoms with Crippen LogP contribution in [0.4, 0.5) is 5.82 Å². The molecule has 0 radical (unpaired) electrons. The number of carbonyl (C=O) groups excluding carboxylic acids is 1. The summed E-state index contributed by atoms with van der Waals surface area (Å²) in [7, 11) is 0. The number of amides is 1. The van der Waals surface area contributed by atoms with Crippen molar-refractivity contribution in [3.05, 3.63) is 30.0 Å². The number of carbonyl (C=O) groups is 1. The Labute approximate surface area is 96.7 Å². The normalized spacial score (nSPS) is 10.1. The average molecular weight is 233 g/mol.